The molecule has 0 fully saturated rings. The van der Waals surface area contributed by atoms with E-state index in [4.69, 9.17) is 15.0 Å². The van der Waals surface area contributed by atoms with E-state index < -0.39 is 0 Å². The fourth-order valence-electron chi connectivity index (χ4n) is 9.44. The van der Waals surface area contributed by atoms with Crippen LogP contribution in [-0.4, -0.2) is 24.1 Å². The molecule has 0 aliphatic carbocycles. The van der Waals surface area contributed by atoms with Gasteiger partial charge in [-0.3, -0.25) is 0 Å². The molecule has 0 atom stereocenters. The maximum atomic E-state index is 10.3. The van der Waals surface area contributed by atoms with Crippen LogP contribution >= 0.6 is 0 Å². The molecule has 9 aromatic carbocycles. The Bertz CT molecular complexity index is 3770. The first-order valence-corrected chi connectivity index (χ1v) is 21.7. The van der Waals surface area contributed by atoms with Crippen molar-refractivity contribution in [1.29, 1.82) is 10.5 Å². The van der Waals surface area contributed by atoms with Gasteiger partial charge in [-0.05, 0) is 83.9 Å². The smallest absolute Gasteiger partial charge is 0.164 e. The van der Waals surface area contributed by atoms with E-state index in [1.165, 1.54) is 10.8 Å². The Morgan fingerprint density at radius 2 is 0.727 bits per heavy atom. The van der Waals surface area contributed by atoms with Gasteiger partial charge in [-0.1, -0.05) is 140 Å². The maximum absolute atomic E-state index is 10.3. The first-order chi connectivity index (χ1) is 32.6. The Morgan fingerprint density at radius 1 is 0.318 bits per heavy atom. The van der Waals surface area contributed by atoms with Crippen molar-refractivity contribution in [2.45, 2.75) is 0 Å². The summed E-state index contributed by atoms with van der Waals surface area (Å²) in [5, 5.41) is 25.1. The number of nitriles is 2. The van der Waals surface area contributed by atoms with E-state index in [-0.39, 0.29) is 0 Å². The number of benzene rings is 9. The lowest BCUT2D eigenvalue weighted by atomic mass is 9.91. The van der Waals surface area contributed by atoms with Gasteiger partial charge in [0.05, 0.1) is 51.0 Å². The minimum absolute atomic E-state index is 0.489. The van der Waals surface area contributed by atoms with Crippen molar-refractivity contribution in [1.82, 2.24) is 24.1 Å². The van der Waals surface area contributed by atoms with Crippen LogP contribution in [0.3, 0.4) is 0 Å². The Labute approximate surface area is 380 Å². The maximum Gasteiger partial charge on any atom is 0.164 e. The van der Waals surface area contributed by atoms with Crippen molar-refractivity contribution in [3.05, 3.63) is 223 Å². The first kappa shape index (κ1) is 38.3. The molecular formula is C59H35N7. The van der Waals surface area contributed by atoms with Crippen LogP contribution in [-0.2, 0) is 0 Å². The Hall–Kier alpha value is -9.43. The monoisotopic (exact) mass is 841 g/mol. The van der Waals surface area contributed by atoms with Gasteiger partial charge < -0.3 is 9.13 Å². The summed E-state index contributed by atoms with van der Waals surface area (Å²) in [4.78, 5) is 15.3. The molecular weight excluding hydrogens is 807 g/mol. The molecule has 7 nitrogen and oxygen atoms in total. The topological polar surface area (TPSA) is 96.1 Å². The molecule has 7 heteroatoms. The number of hydrogen-bond donors (Lipinski definition) is 0. The molecule has 306 valence electrons. The summed E-state index contributed by atoms with van der Waals surface area (Å²) < 4.78 is 4.69. The van der Waals surface area contributed by atoms with Gasteiger partial charge in [0.2, 0.25) is 0 Å². The second-order valence-corrected chi connectivity index (χ2v) is 16.3. The molecule has 12 aromatic rings. The molecule has 0 unspecified atom stereocenters. The van der Waals surface area contributed by atoms with Gasteiger partial charge in [0.15, 0.2) is 17.5 Å². The van der Waals surface area contributed by atoms with Crippen LogP contribution < -0.4 is 0 Å². The second-order valence-electron chi connectivity index (χ2n) is 16.3. The highest BCUT2D eigenvalue weighted by molar-refractivity contribution is 6.13. The molecule has 0 radical (unpaired) electrons. The molecule has 0 bridgehead atoms. The zero-order chi connectivity index (χ0) is 44.1. The molecule has 3 aromatic heterocycles. The summed E-state index contributed by atoms with van der Waals surface area (Å²) in [6, 6.07) is 76.8. The van der Waals surface area contributed by atoms with E-state index in [9.17, 15) is 10.5 Å². The van der Waals surface area contributed by atoms with Crippen LogP contribution in [0.1, 0.15) is 11.1 Å². The molecule has 0 saturated heterocycles. The van der Waals surface area contributed by atoms with Crippen molar-refractivity contribution in [3.63, 3.8) is 0 Å². The highest BCUT2D eigenvalue weighted by Gasteiger charge is 2.24. The van der Waals surface area contributed by atoms with Crippen LogP contribution in [0.5, 0.6) is 0 Å². The third-order valence-corrected chi connectivity index (χ3v) is 12.4. The van der Waals surface area contributed by atoms with E-state index in [1.807, 2.05) is 109 Å². The predicted octanol–water partition coefficient (Wildman–Crippen LogP) is 14.1. The minimum atomic E-state index is 0.489. The van der Waals surface area contributed by atoms with Crippen molar-refractivity contribution in [2.75, 3.05) is 0 Å². The first-order valence-electron chi connectivity index (χ1n) is 21.7. The number of nitrogens with zero attached hydrogens (tertiary/aromatic N) is 7. The summed E-state index contributed by atoms with van der Waals surface area (Å²) in [5.41, 5.74) is 13.2. The van der Waals surface area contributed by atoms with E-state index in [0.29, 0.717) is 28.6 Å². The van der Waals surface area contributed by atoms with Gasteiger partial charge in [-0.2, -0.15) is 10.5 Å². The Balaban J connectivity index is 1.19. The quantitative estimate of drug-likeness (QED) is 0.159. The van der Waals surface area contributed by atoms with Crippen molar-refractivity contribution >= 4 is 43.6 Å². The van der Waals surface area contributed by atoms with Crippen LogP contribution in [0, 0.1) is 22.7 Å². The lowest BCUT2D eigenvalue weighted by Gasteiger charge is -2.21. The number of aromatic nitrogens is 5. The third kappa shape index (κ3) is 6.39. The second kappa shape index (κ2) is 15.7. The number of rotatable bonds is 7. The fraction of sp³-hybridized carbons (Fsp3) is 0. The predicted molar refractivity (Wildman–Crippen MR) is 265 cm³/mol. The zero-order valence-electron chi connectivity index (χ0n) is 35.3. The lowest BCUT2D eigenvalue weighted by molar-refractivity contribution is 1.07. The summed E-state index contributed by atoms with van der Waals surface area (Å²) in [5.74, 6) is 1.58. The summed E-state index contributed by atoms with van der Waals surface area (Å²) in [7, 11) is 0. The van der Waals surface area contributed by atoms with Crippen molar-refractivity contribution < 1.29 is 0 Å². The van der Waals surface area contributed by atoms with Gasteiger partial charge in [0.25, 0.3) is 0 Å². The Morgan fingerprint density at radius 3 is 1.23 bits per heavy atom. The van der Waals surface area contributed by atoms with Crippen LogP contribution in [0.25, 0.3) is 111 Å². The zero-order valence-corrected chi connectivity index (χ0v) is 35.3. The average Bonchev–Trinajstić information content (AvgIpc) is 3.91. The molecule has 0 amide bonds. The molecule has 66 heavy (non-hydrogen) atoms. The fourth-order valence-corrected chi connectivity index (χ4v) is 9.44. The highest BCUT2D eigenvalue weighted by atomic mass is 15.0. The number of fused-ring (bicyclic) bond motifs is 6. The largest absolute Gasteiger partial charge is 0.309 e. The van der Waals surface area contributed by atoms with Crippen LogP contribution in [0.15, 0.2) is 212 Å². The molecule has 0 aliphatic heterocycles. The van der Waals surface area contributed by atoms with Crippen LogP contribution in [0.2, 0.25) is 0 Å². The highest BCUT2D eigenvalue weighted by Crippen LogP contribution is 2.45. The van der Waals surface area contributed by atoms with E-state index in [0.717, 1.165) is 83.2 Å². The molecule has 0 N–H and O–H groups in total. The van der Waals surface area contributed by atoms with Gasteiger partial charge in [0, 0.05) is 55.0 Å². The summed E-state index contributed by atoms with van der Waals surface area (Å²) >= 11 is 0. The molecule has 0 spiro atoms. The standard InChI is InChI=1S/C59H35N7/c60-36-38-15-13-21-42(31-38)49-33-44(59-63-57(40-17-3-1-4-18-40)62-58(64-59)41-19-5-2-6-20-41)34-50(43-22-14-16-39(32-43)37-61)56(49)66-54-28-12-9-25-48(54)51-35-45(29-30-55(51)66)65-52-26-10-7-23-46(52)47-24-8-11-27-53(47)65/h1-35H. The van der Waals surface area contributed by atoms with E-state index >= 15 is 0 Å². The minimum Gasteiger partial charge on any atom is -0.309 e. The van der Waals surface area contributed by atoms with Gasteiger partial charge in [0.1, 0.15) is 0 Å². The van der Waals surface area contributed by atoms with Gasteiger partial charge >= 0.3 is 0 Å². The third-order valence-electron chi connectivity index (χ3n) is 12.4. The summed E-state index contributed by atoms with van der Waals surface area (Å²) in [6.45, 7) is 0. The lowest BCUT2D eigenvalue weighted by Crippen LogP contribution is -2.04. The van der Waals surface area contributed by atoms with Gasteiger partial charge in [-0.15, -0.1) is 0 Å². The van der Waals surface area contributed by atoms with Crippen molar-refractivity contribution in [2.24, 2.45) is 0 Å². The van der Waals surface area contributed by atoms with Gasteiger partial charge in [-0.25, -0.2) is 15.0 Å². The average molecular weight is 842 g/mol. The number of para-hydroxylation sites is 3. The SMILES string of the molecule is N#Cc1cccc(-c2cc(-c3nc(-c4ccccc4)nc(-c4ccccc4)n3)cc(-c3cccc(C#N)c3)c2-n2c3ccccc3c3cc(-n4c5ccccc5c5ccccc54)ccc32)c1. The van der Waals surface area contributed by atoms with Crippen LogP contribution in [0.4, 0.5) is 0 Å². The Kier molecular flexibility index (Phi) is 9.12. The van der Waals surface area contributed by atoms with E-state index in [2.05, 4.69) is 124 Å². The van der Waals surface area contributed by atoms with E-state index in [1.54, 1.807) is 0 Å². The number of hydrogen-bond acceptors (Lipinski definition) is 5. The molecule has 12 rings (SSSR count). The molecule has 0 saturated carbocycles. The summed E-state index contributed by atoms with van der Waals surface area (Å²) in [6.07, 6.45) is 0. The normalized spacial score (nSPS) is 11.3. The van der Waals surface area contributed by atoms with Crippen molar-refractivity contribution in [3.8, 4) is 79.9 Å². The molecule has 0 aliphatic rings. The molecule has 3 heterocycles.